The highest BCUT2D eigenvalue weighted by molar-refractivity contribution is 7.92. The summed E-state index contributed by atoms with van der Waals surface area (Å²) in [5, 5.41) is 2.91. The zero-order valence-electron chi connectivity index (χ0n) is 17.6. The third-order valence-corrected chi connectivity index (χ3v) is 6.89. The number of halogens is 2. The summed E-state index contributed by atoms with van der Waals surface area (Å²) in [6.07, 6.45) is 3.82. The molecule has 174 valence electrons. The van der Waals surface area contributed by atoms with Crippen LogP contribution in [0.3, 0.4) is 0 Å². The summed E-state index contributed by atoms with van der Waals surface area (Å²) in [6, 6.07) is 11.8. The van der Waals surface area contributed by atoms with Gasteiger partial charge >= 0.3 is 0 Å². The van der Waals surface area contributed by atoms with Gasteiger partial charge in [-0.1, -0.05) is 0 Å². The number of nitrogens with zero attached hydrogens (tertiary/aromatic N) is 1. The topological polar surface area (TPSA) is 91.7 Å². The first-order chi connectivity index (χ1) is 15.8. The fourth-order valence-electron chi connectivity index (χ4n) is 3.78. The van der Waals surface area contributed by atoms with Gasteiger partial charge in [0.15, 0.2) is 11.6 Å². The number of benzene rings is 2. The minimum Gasteiger partial charge on any atom is -0.468 e. The number of hydrogen-bond donors (Lipinski definition) is 2. The number of amides is 1. The Kier molecular flexibility index (Phi) is 6.75. The van der Waals surface area contributed by atoms with Gasteiger partial charge in [0.05, 0.1) is 17.2 Å². The monoisotopic (exact) mass is 475 g/mol. The van der Waals surface area contributed by atoms with E-state index < -0.39 is 26.6 Å². The molecule has 0 aliphatic carbocycles. The highest BCUT2D eigenvalue weighted by atomic mass is 32.2. The number of carbonyl (C=O) groups is 1. The molecule has 0 spiro atoms. The van der Waals surface area contributed by atoms with Gasteiger partial charge in [0, 0.05) is 17.8 Å². The molecule has 33 heavy (non-hydrogen) atoms. The maximum absolute atomic E-state index is 13.4. The molecule has 1 amide bonds. The van der Waals surface area contributed by atoms with Gasteiger partial charge in [-0.2, -0.15) is 0 Å². The molecule has 7 nitrogen and oxygen atoms in total. The van der Waals surface area contributed by atoms with Crippen LogP contribution in [-0.2, 0) is 10.0 Å². The molecule has 1 aliphatic rings. The van der Waals surface area contributed by atoms with Gasteiger partial charge in [-0.25, -0.2) is 17.2 Å². The van der Waals surface area contributed by atoms with E-state index in [4.69, 9.17) is 4.42 Å². The molecule has 1 aromatic heterocycles. The molecule has 0 radical (unpaired) electrons. The zero-order valence-corrected chi connectivity index (χ0v) is 18.4. The molecule has 0 saturated carbocycles. The Balaban J connectivity index is 1.40. The van der Waals surface area contributed by atoms with Crippen LogP contribution in [0.25, 0.3) is 0 Å². The Bertz CT molecular complexity index is 1210. The number of likely N-dealkylation sites (tertiary alicyclic amines) is 1. The van der Waals surface area contributed by atoms with Crippen molar-refractivity contribution in [1.82, 2.24) is 10.2 Å². The first-order valence-corrected chi connectivity index (χ1v) is 12.0. The second-order valence-corrected chi connectivity index (χ2v) is 9.43. The molecule has 4 rings (SSSR count). The van der Waals surface area contributed by atoms with Crippen LogP contribution in [-0.4, -0.2) is 38.9 Å². The van der Waals surface area contributed by atoms with E-state index in [0.29, 0.717) is 18.2 Å². The van der Waals surface area contributed by atoms with Gasteiger partial charge in [-0.15, -0.1) is 0 Å². The number of furan rings is 1. The minimum atomic E-state index is -4.11. The van der Waals surface area contributed by atoms with Crippen LogP contribution in [0.4, 0.5) is 14.5 Å². The van der Waals surface area contributed by atoms with Crippen molar-refractivity contribution in [2.45, 2.75) is 23.8 Å². The van der Waals surface area contributed by atoms with Gasteiger partial charge in [-0.3, -0.25) is 14.4 Å². The van der Waals surface area contributed by atoms with E-state index in [0.717, 1.165) is 43.8 Å². The normalized spacial score (nSPS) is 15.3. The fourth-order valence-corrected chi connectivity index (χ4v) is 4.85. The molecule has 2 heterocycles. The van der Waals surface area contributed by atoms with Crippen LogP contribution in [0.5, 0.6) is 0 Å². The van der Waals surface area contributed by atoms with Crippen molar-refractivity contribution in [3.8, 4) is 0 Å². The van der Waals surface area contributed by atoms with Gasteiger partial charge in [0.1, 0.15) is 5.76 Å². The molecule has 2 aromatic carbocycles. The van der Waals surface area contributed by atoms with Crippen LogP contribution in [0.15, 0.2) is 70.2 Å². The number of sulfonamides is 1. The van der Waals surface area contributed by atoms with Crippen molar-refractivity contribution >= 4 is 21.6 Å². The van der Waals surface area contributed by atoms with E-state index in [-0.39, 0.29) is 17.6 Å². The summed E-state index contributed by atoms with van der Waals surface area (Å²) in [6.45, 7) is 2.25. The minimum absolute atomic E-state index is 0.0614. The molecular weight excluding hydrogens is 452 g/mol. The van der Waals surface area contributed by atoms with Gasteiger partial charge < -0.3 is 9.73 Å². The average Bonchev–Trinajstić information content (AvgIpc) is 3.51. The van der Waals surface area contributed by atoms with Crippen LogP contribution < -0.4 is 10.0 Å². The largest absolute Gasteiger partial charge is 0.468 e. The third kappa shape index (κ3) is 5.40. The quantitative estimate of drug-likeness (QED) is 0.515. The zero-order chi connectivity index (χ0) is 23.4. The number of anilines is 1. The van der Waals surface area contributed by atoms with Crippen molar-refractivity contribution < 1.29 is 26.4 Å². The SMILES string of the molecule is O=C(NCC(c1ccco1)N1CCCC1)c1ccc(NS(=O)(=O)c2ccc(F)c(F)c2)cc1. The van der Waals surface area contributed by atoms with E-state index in [1.54, 1.807) is 6.26 Å². The summed E-state index contributed by atoms with van der Waals surface area (Å²) >= 11 is 0. The van der Waals surface area contributed by atoms with Gasteiger partial charge in [0.25, 0.3) is 15.9 Å². The highest BCUT2D eigenvalue weighted by Gasteiger charge is 2.26. The molecule has 0 bridgehead atoms. The molecule has 1 aliphatic heterocycles. The van der Waals surface area contributed by atoms with Crippen LogP contribution in [0.2, 0.25) is 0 Å². The first kappa shape index (κ1) is 22.9. The number of carbonyl (C=O) groups excluding carboxylic acids is 1. The van der Waals surface area contributed by atoms with E-state index in [1.807, 2.05) is 12.1 Å². The molecule has 1 saturated heterocycles. The standard InChI is InChI=1S/C23H23F2N3O4S/c24-19-10-9-18(14-20(19)25)33(30,31)27-17-7-5-16(6-8-17)23(29)26-15-21(22-4-3-13-32-22)28-11-1-2-12-28/h3-10,13-14,21,27H,1-2,11-12,15H2,(H,26,29). The molecule has 3 aromatic rings. The summed E-state index contributed by atoms with van der Waals surface area (Å²) in [4.78, 5) is 14.5. The van der Waals surface area contributed by atoms with Crippen molar-refractivity contribution in [3.05, 3.63) is 83.8 Å². The summed E-state index contributed by atoms with van der Waals surface area (Å²) in [5.74, 6) is -1.91. The lowest BCUT2D eigenvalue weighted by Gasteiger charge is -2.26. The lowest BCUT2D eigenvalue weighted by molar-refractivity contribution is 0.0934. The van der Waals surface area contributed by atoms with Crippen LogP contribution in [0, 0.1) is 11.6 Å². The predicted octanol–water partition coefficient (Wildman–Crippen LogP) is 3.93. The molecule has 1 unspecified atom stereocenters. The average molecular weight is 476 g/mol. The summed E-state index contributed by atoms with van der Waals surface area (Å²) < 4.78 is 59.1. The third-order valence-electron chi connectivity index (χ3n) is 5.51. The Hall–Kier alpha value is -3.24. The Morgan fingerprint density at radius 3 is 2.39 bits per heavy atom. The number of rotatable bonds is 8. The fraction of sp³-hybridized carbons (Fsp3) is 0.261. The van der Waals surface area contributed by atoms with Crippen molar-refractivity contribution in [3.63, 3.8) is 0 Å². The van der Waals surface area contributed by atoms with E-state index in [1.165, 1.54) is 24.3 Å². The molecule has 2 N–H and O–H groups in total. The first-order valence-electron chi connectivity index (χ1n) is 10.5. The van der Waals surface area contributed by atoms with Crippen LogP contribution in [0.1, 0.15) is 35.0 Å². The molecular formula is C23H23F2N3O4S. The van der Waals surface area contributed by atoms with Crippen molar-refractivity contribution in [2.24, 2.45) is 0 Å². The van der Waals surface area contributed by atoms with E-state index >= 15 is 0 Å². The number of hydrogen-bond acceptors (Lipinski definition) is 5. The van der Waals surface area contributed by atoms with Gasteiger partial charge in [-0.05, 0) is 80.5 Å². The molecule has 10 heteroatoms. The second kappa shape index (κ2) is 9.72. The lowest BCUT2D eigenvalue weighted by Crippen LogP contribution is -2.36. The van der Waals surface area contributed by atoms with Crippen LogP contribution >= 0.6 is 0 Å². The maximum Gasteiger partial charge on any atom is 0.261 e. The van der Waals surface area contributed by atoms with Crippen molar-refractivity contribution in [2.75, 3.05) is 24.4 Å². The summed E-state index contributed by atoms with van der Waals surface area (Å²) in [7, 11) is -4.11. The lowest BCUT2D eigenvalue weighted by atomic mass is 10.1. The van der Waals surface area contributed by atoms with E-state index in [9.17, 15) is 22.0 Å². The summed E-state index contributed by atoms with van der Waals surface area (Å²) in [5.41, 5.74) is 0.534. The smallest absolute Gasteiger partial charge is 0.261 e. The Labute approximate surface area is 190 Å². The predicted molar refractivity (Wildman–Crippen MR) is 118 cm³/mol. The molecule has 1 fully saturated rings. The second-order valence-electron chi connectivity index (χ2n) is 7.74. The van der Waals surface area contributed by atoms with Crippen molar-refractivity contribution in [1.29, 1.82) is 0 Å². The maximum atomic E-state index is 13.4. The Morgan fingerprint density at radius 1 is 1.03 bits per heavy atom. The highest BCUT2D eigenvalue weighted by Crippen LogP contribution is 2.25. The van der Waals surface area contributed by atoms with Gasteiger partial charge in [0.2, 0.25) is 0 Å². The molecule has 1 atom stereocenters. The Morgan fingerprint density at radius 2 is 1.76 bits per heavy atom. The number of nitrogens with one attached hydrogen (secondary N) is 2. The van der Waals surface area contributed by atoms with E-state index in [2.05, 4.69) is 14.9 Å².